The van der Waals surface area contributed by atoms with Gasteiger partial charge in [-0.25, -0.2) is 24.4 Å². The Bertz CT molecular complexity index is 2800. The number of carbonyl (C=O) groups is 6. The standard InChI is InChI=1S/C39H36F6N6O15/c1-11(52)21(35(59)62-4)48-31(56)14-7-9-16(38(40,41)42)28-24(14)47-26-18(33(58)50-23(13(3)54)37(61)64-6)20(46)27(55)19(30(26)65-28)34-51-25-15(8-10-17(29(25)66-34)39(43,44)45)32(57)49-22(12(2)53)36(60)63-5/h7-13,21-23,52-54H,46H2,1-6H3,(H,48,56)(H,49,57)(H,50,58)/t11-,12-,13-,21+,22+,23+/m1/s1. The Morgan fingerprint density at radius 3 is 1.39 bits per heavy atom. The molecule has 6 atom stereocenters. The first-order valence-electron chi connectivity index (χ1n) is 18.7. The van der Waals surface area contributed by atoms with Gasteiger partial charge in [0.05, 0.1) is 62.0 Å². The van der Waals surface area contributed by atoms with Crippen LogP contribution in [-0.2, 0) is 40.9 Å². The highest BCUT2D eigenvalue weighted by atomic mass is 19.4. The maximum atomic E-state index is 14.7. The molecule has 1 aromatic heterocycles. The van der Waals surface area contributed by atoms with Gasteiger partial charge in [-0.15, -0.1) is 0 Å². The molecule has 0 radical (unpaired) electrons. The molecular formula is C39H36F6N6O15. The Hall–Kier alpha value is -7.39. The number of esters is 3. The van der Waals surface area contributed by atoms with Crippen LogP contribution in [0.4, 0.5) is 32.0 Å². The lowest BCUT2D eigenvalue weighted by Crippen LogP contribution is -2.48. The number of oxazole rings is 1. The fourth-order valence-corrected chi connectivity index (χ4v) is 6.43. The van der Waals surface area contributed by atoms with Gasteiger partial charge in [0.15, 0.2) is 35.1 Å². The number of nitrogens with zero attached hydrogens (tertiary/aromatic N) is 2. The molecule has 0 saturated heterocycles. The van der Waals surface area contributed by atoms with Gasteiger partial charge in [0, 0.05) is 0 Å². The van der Waals surface area contributed by atoms with Crippen LogP contribution >= 0.6 is 0 Å². The molecular weight excluding hydrogens is 906 g/mol. The second kappa shape index (κ2) is 18.6. The second-order valence-corrected chi connectivity index (χ2v) is 14.2. The van der Waals surface area contributed by atoms with Crippen LogP contribution in [0.5, 0.6) is 0 Å². The zero-order chi connectivity index (χ0) is 49.5. The van der Waals surface area contributed by atoms with Gasteiger partial charge in [0.2, 0.25) is 11.3 Å². The topological polar surface area (TPSA) is 322 Å². The number of nitrogen functional groups attached to an aromatic ring is 1. The van der Waals surface area contributed by atoms with Crippen LogP contribution in [0.15, 0.2) is 37.9 Å². The highest BCUT2D eigenvalue weighted by Gasteiger charge is 2.42. The minimum Gasteiger partial charge on any atom is -0.467 e. The lowest BCUT2D eigenvalue weighted by molar-refractivity contribution is -0.146. The van der Waals surface area contributed by atoms with Crippen molar-refractivity contribution in [2.75, 3.05) is 27.1 Å². The summed E-state index contributed by atoms with van der Waals surface area (Å²) in [7, 11) is 2.65. The molecule has 0 spiro atoms. The van der Waals surface area contributed by atoms with Gasteiger partial charge < -0.3 is 60.0 Å². The van der Waals surface area contributed by atoms with Crippen molar-refractivity contribution < 1.29 is 93.5 Å². The van der Waals surface area contributed by atoms with Gasteiger partial charge in [-0.2, -0.15) is 26.3 Å². The van der Waals surface area contributed by atoms with E-state index in [1.54, 1.807) is 0 Å². The third-order valence-corrected chi connectivity index (χ3v) is 9.74. The quantitative estimate of drug-likeness (QED) is 0.0290. The molecule has 1 aliphatic heterocycles. The summed E-state index contributed by atoms with van der Waals surface area (Å²) in [5.41, 5.74) is -9.92. The lowest BCUT2D eigenvalue weighted by Gasteiger charge is -2.22. The fraction of sp³-hybridized carbons (Fsp3) is 0.359. The van der Waals surface area contributed by atoms with Crippen molar-refractivity contribution in [1.82, 2.24) is 25.9 Å². The molecule has 0 unspecified atom stereocenters. The predicted octanol–water partition coefficient (Wildman–Crippen LogP) is 1.68. The molecule has 66 heavy (non-hydrogen) atoms. The molecule has 2 heterocycles. The smallest absolute Gasteiger partial charge is 0.420 e. The first kappa shape index (κ1) is 49.6. The van der Waals surface area contributed by atoms with Gasteiger partial charge in [-0.1, -0.05) is 0 Å². The van der Waals surface area contributed by atoms with Crippen molar-refractivity contribution in [3.63, 3.8) is 0 Å². The van der Waals surface area contributed by atoms with Crippen molar-refractivity contribution in [3.05, 3.63) is 62.3 Å². The Balaban J connectivity index is 1.95. The molecule has 2 aliphatic rings. The van der Waals surface area contributed by atoms with E-state index in [1.807, 2.05) is 5.32 Å². The third-order valence-electron chi connectivity index (χ3n) is 9.74. The SMILES string of the molecule is COC(=O)[C@@H](NC(=O)c1c2nc3c(C(=O)N[C@H](C(=O)OC)[C@@H](C)O)ccc(C(F)(F)F)c3oc-2c(-c2nc3c(C(=O)N[C@H](C(=O)OC)[C@@H](C)O)ccc(C(F)(F)F)c3o2)c(=O)c1N)[C@@H](C)O. The number of rotatable bonds is 13. The zero-order valence-electron chi connectivity index (χ0n) is 34.8. The molecule has 3 amide bonds. The number of aliphatic hydroxyl groups is 3. The number of nitrogens with two attached hydrogens (primary N) is 1. The number of hydrogen-bond donors (Lipinski definition) is 7. The summed E-state index contributed by atoms with van der Waals surface area (Å²) in [4.78, 5) is 101. The third kappa shape index (κ3) is 9.38. The monoisotopic (exact) mass is 942 g/mol. The number of ether oxygens (including phenoxy) is 3. The van der Waals surface area contributed by atoms with Gasteiger partial charge >= 0.3 is 30.3 Å². The number of nitrogens with one attached hydrogen (secondary N) is 3. The number of alkyl halides is 6. The minimum absolute atomic E-state index is 0.296. The van der Waals surface area contributed by atoms with E-state index in [-0.39, 0.29) is 0 Å². The second-order valence-electron chi connectivity index (χ2n) is 14.2. The normalized spacial score (nSPS) is 14.7. The van der Waals surface area contributed by atoms with Crippen molar-refractivity contribution in [1.29, 1.82) is 0 Å². The van der Waals surface area contributed by atoms with E-state index >= 15 is 0 Å². The summed E-state index contributed by atoms with van der Waals surface area (Å²) in [5, 5.41) is 36.7. The molecule has 8 N–H and O–H groups in total. The van der Waals surface area contributed by atoms with E-state index in [4.69, 9.17) is 14.6 Å². The molecule has 3 aromatic rings. The van der Waals surface area contributed by atoms with Gasteiger partial charge in [-0.3, -0.25) is 19.2 Å². The largest absolute Gasteiger partial charge is 0.467 e. The van der Waals surface area contributed by atoms with Crippen LogP contribution in [0.2, 0.25) is 0 Å². The van der Waals surface area contributed by atoms with Crippen molar-refractivity contribution in [3.8, 4) is 22.9 Å². The van der Waals surface area contributed by atoms with E-state index in [2.05, 4.69) is 34.8 Å². The molecule has 0 fully saturated rings. The highest BCUT2D eigenvalue weighted by molar-refractivity contribution is 6.11. The molecule has 5 rings (SSSR count). The number of aliphatic hydroxyl groups excluding tert-OH is 3. The molecule has 1 aliphatic carbocycles. The maximum Gasteiger partial charge on any atom is 0.420 e. The summed E-state index contributed by atoms with van der Waals surface area (Å²) in [5.74, 6) is -10.5. The van der Waals surface area contributed by atoms with Crippen LogP contribution < -0.4 is 27.1 Å². The van der Waals surface area contributed by atoms with Gasteiger partial charge in [-0.05, 0) is 45.0 Å². The van der Waals surface area contributed by atoms with E-state index in [0.717, 1.165) is 42.1 Å². The average Bonchev–Trinajstić information content (AvgIpc) is 3.68. The van der Waals surface area contributed by atoms with E-state index < -0.39 is 168 Å². The highest BCUT2D eigenvalue weighted by Crippen LogP contribution is 2.44. The number of benzene rings is 3. The Labute approximate surface area is 364 Å². The molecule has 0 saturated carbocycles. The molecule has 2 aromatic carbocycles. The number of halogens is 6. The van der Waals surface area contributed by atoms with Gasteiger partial charge in [0.1, 0.15) is 33.4 Å². The van der Waals surface area contributed by atoms with E-state index in [0.29, 0.717) is 24.3 Å². The Morgan fingerprint density at radius 1 is 0.636 bits per heavy atom. The number of anilines is 1. The molecule has 21 nitrogen and oxygen atoms in total. The number of carbonyl (C=O) groups excluding carboxylic acids is 6. The number of fused-ring (bicyclic) bond motifs is 3. The Morgan fingerprint density at radius 2 is 1.02 bits per heavy atom. The predicted molar refractivity (Wildman–Crippen MR) is 209 cm³/mol. The first-order chi connectivity index (χ1) is 30.7. The number of hydrogen-bond acceptors (Lipinski definition) is 18. The lowest BCUT2D eigenvalue weighted by atomic mass is 9.98. The van der Waals surface area contributed by atoms with Crippen molar-refractivity contribution in [2.24, 2.45) is 0 Å². The van der Waals surface area contributed by atoms with Crippen LogP contribution in [0.3, 0.4) is 0 Å². The average molecular weight is 943 g/mol. The van der Waals surface area contributed by atoms with Crippen LogP contribution in [0.25, 0.3) is 45.1 Å². The molecule has 0 bridgehead atoms. The first-order valence-corrected chi connectivity index (χ1v) is 18.7. The summed E-state index contributed by atoms with van der Waals surface area (Å²) < 4.78 is 112. The molecule has 27 heteroatoms. The van der Waals surface area contributed by atoms with Crippen LogP contribution in [0, 0.1) is 0 Å². The summed E-state index contributed by atoms with van der Waals surface area (Å²) in [6, 6.07) is -3.83. The minimum atomic E-state index is -5.39. The Kier molecular flexibility index (Phi) is 14.0. The number of aromatic nitrogens is 2. The fourth-order valence-electron chi connectivity index (χ4n) is 6.43. The number of methoxy groups -OCH3 is 3. The van der Waals surface area contributed by atoms with E-state index in [1.165, 1.54) is 0 Å². The van der Waals surface area contributed by atoms with Crippen LogP contribution in [-0.4, -0.2) is 119 Å². The molecule has 354 valence electrons. The van der Waals surface area contributed by atoms with Crippen molar-refractivity contribution in [2.45, 2.75) is 69.6 Å². The zero-order valence-corrected chi connectivity index (χ0v) is 34.8. The number of amides is 3. The van der Waals surface area contributed by atoms with Crippen molar-refractivity contribution >= 4 is 63.5 Å². The van der Waals surface area contributed by atoms with Gasteiger partial charge in [0.25, 0.3) is 17.7 Å². The summed E-state index contributed by atoms with van der Waals surface area (Å²) in [6.45, 7) is 3.12. The maximum absolute atomic E-state index is 14.7. The summed E-state index contributed by atoms with van der Waals surface area (Å²) in [6.07, 6.45) is -15.7. The van der Waals surface area contributed by atoms with E-state index in [9.17, 15) is 75.2 Å². The summed E-state index contributed by atoms with van der Waals surface area (Å²) >= 11 is 0. The van der Waals surface area contributed by atoms with Crippen LogP contribution in [0.1, 0.15) is 63.0 Å².